The van der Waals surface area contributed by atoms with Crippen molar-refractivity contribution in [3.63, 3.8) is 0 Å². The maximum absolute atomic E-state index is 11.1. The number of anilines is 1. The molecule has 2 aromatic rings. The molecule has 17 heavy (non-hydrogen) atoms. The van der Waals surface area contributed by atoms with Crippen LogP contribution < -0.4 is 15.4 Å². The number of thiazole rings is 1. The van der Waals surface area contributed by atoms with Crippen molar-refractivity contribution >= 4 is 32.7 Å². The molecule has 2 N–H and O–H groups in total. The zero-order valence-electron chi connectivity index (χ0n) is 9.61. The predicted octanol–water partition coefficient (Wildman–Crippen LogP) is 2.45. The van der Waals surface area contributed by atoms with Crippen molar-refractivity contribution in [3.05, 3.63) is 18.2 Å². The predicted molar refractivity (Wildman–Crippen MR) is 68.9 cm³/mol. The van der Waals surface area contributed by atoms with Gasteiger partial charge in [0.15, 0.2) is 5.13 Å². The number of amides is 2. The van der Waals surface area contributed by atoms with Gasteiger partial charge in [-0.15, -0.1) is 0 Å². The second-order valence-electron chi connectivity index (χ2n) is 3.29. The van der Waals surface area contributed by atoms with Crippen LogP contribution in [0, 0.1) is 0 Å². The molecule has 0 saturated carbocycles. The summed E-state index contributed by atoms with van der Waals surface area (Å²) in [6, 6.07) is 5.40. The largest absolute Gasteiger partial charge is 0.494 e. The summed E-state index contributed by atoms with van der Waals surface area (Å²) in [5.41, 5.74) is 0.852. The number of urea groups is 1. The van der Waals surface area contributed by atoms with E-state index in [1.807, 2.05) is 25.1 Å². The fraction of sp³-hybridized carbons (Fsp3) is 0.273. The van der Waals surface area contributed by atoms with E-state index in [1.54, 1.807) is 7.05 Å². The molecule has 2 amide bonds. The van der Waals surface area contributed by atoms with E-state index in [9.17, 15) is 4.79 Å². The van der Waals surface area contributed by atoms with Crippen LogP contribution >= 0.6 is 11.3 Å². The number of nitrogens with one attached hydrogen (secondary N) is 2. The summed E-state index contributed by atoms with van der Waals surface area (Å²) in [7, 11) is 1.57. The first-order chi connectivity index (χ1) is 8.22. The minimum atomic E-state index is -0.269. The SMILES string of the molecule is CCOc1ccc2nc(NC(=O)NC)sc2c1. The van der Waals surface area contributed by atoms with Crippen LogP contribution in [0.15, 0.2) is 18.2 Å². The number of hydrogen-bond donors (Lipinski definition) is 2. The number of hydrogen-bond acceptors (Lipinski definition) is 4. The van der Waals surface area contributed by atoms with Gasteiger partial charge in [-0.3, -0.25) is 5.32 Å². The fourth-order valence-corrected chi connectivity index (χ4v) is 2.26. The lowest BCUT2D eigenvalue weighted by molar-refractivity contribution is 0.254. The van der Waals surface area contributed by atoms with Crippen molar-refractivity contribution in [1.29, 1.82) is 0 Å². The Kier molecular flexibility index (Phi) is 3.43. The lowest BCUT2D eigenvalue weighted by Gasteiger charge is -2.00. The molecule has 0 unspecified atom stereocenters. The van der Waals surface area contributed by atoms with Crippen LogP contribution in [0.1, 0.15) is 6.92 Å². The smallest absolute Gasteiger partial charge is 0.320 e. The Bertz CT molecular complexity index is 538. The topological polar surface area (TPSA) is 63.2 Å². The van der Waals surface area contributed by atoms with Crippen molar-refractivity contribution in [2.75, 3.05) is 19.0 Å². The van der Waals surface area contributed by atoms with E-state index in [4.69, 9.17) is 4.74 Å². The molecule has 0 fully saturated rings. The highest BCUT2D eigenvalue weighted by Crippen LogP contribution is 2.29. The van der Waals surface area contributed by atoms with Crippen molar-refractivity contribution in [3.8, 4) is 5.75 Å². The van der Waals surface area contributed by atoms with Crippen LogP contribution in [0.5, 0.6) is 5.75 Å². The summed E-state index contributed by atoms with van der Waals surface area (Å²) in [4.78, 5) is 15.4. The maximum Gasteiger partial charge on any atom is 0.320 e. The van der Waals surface area contributed by atoms with Crippen molar-refractivity contribution in [2.24, 2.45) is 0 Å². The highest BCUT2D eigenvalue weighted by atomic mass is 32.1. The van der Waals surface area contributed by atoms with Crippen LogP contribution in [0.25, 0.3) is 10.2 Å². The van der Waals surface area contributed by atoms with Crippen molar-refractivity contribution < 1.29 is 9.53 Å². The summed E-state index contributed by atoms with van der Waals surface area (Å²) < 4.78 is 6.39. The minimum Gasteiger partial charge on any atom is -0.494 e. The molecule has 0 aliphatic heterocycles. The third-order valence-corrected chi connectivity index (χ3v) is 3.05. The van der Waals surface area contributed by atoms with Gasteiger partial charge in [0.2, 0.25) is 0 Å². The standard InChI is InChI=1S/C11H13N3O2S/c1-3-16-7-4-5-8-9(6-7)17-11(13-8)14-10(15)12-2/h4-6H,3H2,1-2H3,(H2,12,13,14,15). The first-order valence-corrected chi connectivity index (χ1v) is 6.06. The van der Waals surface area contributed by atoms with Crippen LogP contribution in [0.3, 0.4) is 0 Å². The average Bonchev–Trinajstić information content (AvgIpc) is 2.70. The zero-order chi connectivity index (χ0) is 12.3. The van der Waals surface area contributed by atoms with E-state index >= 15 is 0 Å². The summed E-state index contributed by atoms with van der Waals surface area (Å²) in [5, 5.41) is 5.71. The first kappa shape index (κ1) is 11.7. The van der Waals surface area contributed by atoms with E-state index in [1.165, 1.54) is 11.3 Å². The van der Waals surface area contributed by atoms with Gasteiger partial charge in [0.05, 0.1) is 16.8 Å². The monoisotopic (exact) mass is 251 g/mol. The second-order valence-corrected chi connectivity index (χ2v) is 4.32. The molecule has 6 heteroatoms. The number of fused-ring (bicyclic) bond motifs is 1. The third-order valence-electron chi connectivity index (χ3n) is 2.12. The van der Waals surface area contributed by atoms with E-state index in [2.05, 4.69) is 15.6 Å². The van der Waals surface area contributed by atoms with Gasteiger partial charge >= 0.3 is 6.03 Å². The highest BCUT2D eigenvalue weighted by Gasteiger charge is 2.07. The van der Waals surface area contributed by atoms with Gasteiger partial charge in [0.25, 0.3) is 0 Å². The third kappa shape index (κ3) is 2.65. The number of carbonyl (C=O) groups is 1. The van der Waals surface area contributed by atoms with E-state index in [0.717, 1.165) is 16.0 Å². The van der Waals surface area contributed by atoms with Crippen LogP contribution in [-0.2, 0) is 0 Å². The fourth-order valence-electron chi connectivity index (χ4n) is 1.37. The number of benzene rings is 1. The molecule has 1 heterocycles. The number of aromatic nitrogens is 1. The van der Waals surface area contributed by atoms with Gasteiger partial charge in [-0.05, 0) is 25.1 Å². The molecule has 0 radical (unpaired) electrons. The quantitative estimate of drug-likeness (QED) is 0.880. The normalized spacial score (nSPS) is 10.2. The molecule has 0 bridgehead atoms. The van der Waals surface area contributed by atoms with Crippen LogP contribution in [-0.4, -0.2) is 24.7 Å². The molecule has 1 aromatic heterocycles. The summed E-state index contributed by atoms with van der Waals surface area (Å²) in [6.45, 7) is 2.57. The average molecular weight is 251 g/mol. The molecular formula is C11H13N3O2S. The number of nitrogens with zero attached hydrogens (tertiary/aromatic N) is 1. The van der Waals surface area contributed by atoms with Gasteiger partial charge < -0.3 is 10.1 Å². The molecule has 5 nitrogen and oxygen atoms in total. The number of carbonyl (C=O) groups excluding carboxylic acids is 1. The lowest BCUT2D eigenvalue weighted by Crippen LogP contribution is -2.24. The van der Waals surface area contributed by atoms with Gasteiger partial charge in [0, 0.05) is 7.05 Å². The van der Waals surface area contributed by atoms with Crippen LogP contribution in [0.2, 0.25) is 0 Å². The molecule has 0 saturated heterocycles. The number of ether oxygens (including phenoxy) is 1. The van der Waals surface area contributed by atoms with Gasteiger partial charge in [-0.25, -0.2) is 9.78 Å². The zero-order valence-corrected chi connectivity index (χ0v) is 10.4. The molecule has 0 atom stereocenters. The van der Waals surface area contributed by atoms with E-state index in [-0.39, 0.29) is 6.03 Å². The van der Waals surface area contributed by atoms with Crippen molar-refractivity contribution in [1.82, 2.24) is 10.3 Å². The molecule has 0 aliphatic carbocycles. The summed E-state index contributed by atoms with van der Waals surface area (Å²) in [6.07, 6.45) is 0. The summed E-state index contributed by atoms with van der Waals surface area (Å²) >= 11 is 1.42. The Morgan fingerprint density at radius 1 is 1.53 bits per heavy atom. The van der Waals surface area contributed by atoms with Gasteiger partial charge in [-0.1, -0.05) is 11.3 Å². The van der Waals surface area contributed by atoms with E-state index in [0.29, 0.717) is 11.7 Å². The molecule has 2 rings (SSSR count). The lowest BCUT2D eigenvalue weighted by atomic mass is 10.3. The van der Waals surface area contributed by atoms with Gasteiger partial charge in [-0.2, -0.15) is 0 Å². The van der Waals surface area contributed by atoms with Gasteiger partial charge in [0.1, 0.15) is 5.75 Å². The van der Waals surface area contributed by atoms with E-state index < -0.39 is 0 Å². The summed E-state index contributed by atoms with van der Waals surface area (Å²) in [5.74, 6) is 0.815. The molecular weight excluding hydrogens is 238 g/mol. The Labute approximate surface area is 103 Å². The highest BCUT2D eigenvalue weighted by molar-refractivity contribution is 7.22. The van der Waals surface area contributed by atoms with Crippen LogP contribution in [0.4, 0.5) is 9.93 Å². The maximum atomic E-state index is 11.1. The molecule has 0 spiro atoms. The van der Waals surface area contributed by atoms with Crippen molar-refractivity contribution in [2.45, 2.75) is 6.92 Å². The Hall–Kier alpha value is -1.82. The molecule has 1 aromatic carbocycles. The Morgan fingerprint density at radius 2 is 2.35 bits per heavy atom. The first-order valence-electron chi connectivity index (χ1n) is 5.25. The second kappa shape index (κ2) is 5.01. The minimum absolute atomic E-state index is 0.269. The Balaban J connectivity index is 2.27. The molecule has 0 aliphatic rings. The molecule has 90 valence electrons. The Morgan fingerprint density at radius 3 is 3.06 bits per heavy atom. The number of rotatable bonds is 3.